The molecule has 5 nitrogen and oxygen atoms in total. The first kappa shape index (κ1) is 20.7. The zero-order chi connectivity index (χ0) is 20.3. The van der Waals surface area contributed by atoms with Crippen LogP contribution in [0.15, 0.2) is 24.4 Å². The molecule has 0 spiro atoms. The molecule has 1 heterocycles. The van der Waals surface area contributed by atoms with Crippen molar-refractivity contribution in [3.05, 3.63) is 45.7 Å². The van der Waals surface area contributed by atoms with Crippen LogP contribution in [0.1, 0.15) is 41.7 Å². The van der Waals surface area contributed by atoms with Gasteiger partial charge in [-0.25, -0.2) is 9.97 Å². The Hall–Kier alpha value is -2.06. The van der Waals surface area contributed by atoms with Crippen molar-refractivity contribution in [3.63, 3.8) is 0 Å². The van der Waals surface area contributed by atoms with E-state index in [0.29, 0.717) is 17.5 Å². The van der Waals surface area contributed by atoms with Crippen LogP contribution in [0.5, 0.6) is 0 Å². The van der Waals surface area contributed by atoms with Crippen LogP contribution in [0, 0.1) is 5.92 Å². The first-order chi connectivity index (χ1) is 13.2. The molecule has 1 aliphatic rings. The van der Waals surface area contributed by atoms with Gasteiger partial charge in [-0.05, 0) is 37.0 Å². The van der Waals surface area contributed by atoms with E-state index in [2.05, 4.69) is 20.6 Å². The quantitative estimate of drug-likeness (QED) is 0.657. The maximum absolute atomic E-state index is 13.5. The number of carbonyl (C=O) groups is 1. The van der Waals surface area contributed by atoms with Gasteiger partial charge in [-0.3, -0.25) is 4.79 Å². The van der Waals surface area contributed by atoms with E-state index < -0.39 is 23.3 Å². The van der Waals surface area contributed by atoms with E-state index in [1.54, 1.807) is 0 Å². The number of nitrogens with one attached hydrogen (secondary N) is 2. The van der Waals surface area contributed by atoms with E-state index in [0.717, 1.165) is 31.9 Å². The zero-order valence-corrected chi connectivity index (χ0v) is 16.1. The van der Waals surface area contributed by atoms with Gasteiger partial charge in [0.05, 0.1) is 16.3 Å². The second kappa shape index (κ2) is 8.53. The molecule has 1 saturated carbocycles. The van der Waals surface area contributed by atoms with Gasteiger partial charge in [-0.15, -0.1) is 0 Å². The van der Waals surface area contributed by atoms with Crippen molar-refractivity contribution in [1.82, 2.24) is 15.3 Å². The average molecular weight is 433 g/mol. The van der Waals surface area contributed by atoms with Gasteiger partial charge in [-0.1, -0.05) is 36.0 Å². The van der Waals surface area contributed by atoms with Crippen molar-refractivity contribution in [1.29, 1.82) is 0 Å². The molecule has 3 rings (SSSR count). The number of carbonyl (C=O) groups excluding carboxylic acids is 1. The molecular formula is C18H17Cl2F3N4O. The predicted octanol–water partition coefficient (Wildman–Crippen LogP) is 5.47. The van der Waals surface area contributed by atoms with E-state index in [4.69, 9.17) is 23.2 Å². The second-order valence-corrected chi connectivity index (χ2v) is 7.41. The minimum Gasteiger partial charge on any atom is -0.352 e. The van der Waals surface area contributed by atoms with Gasteiger partial charge < -0.3 is 10.6 Å². The molecule has 1 amide bonds. The summed E-state index contributed by atoms with van der Waals surface area (Å²) in [5.41, 5.74) is -1.68. The normalized spacial score (nSPS) is 14.9. The minimum atomic E-state index is -4.82. The van der Waals surface area contributed by atoms with E-state index in [1.165, 1.54) is 18.2 Å². The molecule has 28 heavy (non-hydrogen) atoms. The van der Waals surface area contributed by atoms with Crippen molar-refractivity contribution >= 4 is 40.7 Å². The summed E-state index contributed by atoms with van der Waals surface area (Å²) in [6, 6.07) is 4.46. The van der Waals surface area contributed by atoms with E-state index in [1.807, 2.05) is 0 Å². The van der Waals surface area contributed by atoms with Crippen molar-refractivity contribution in [2.24, 2.45) is 5.92 Å². The number of hydrogen-bond acceptors (Lipinski definition) is 4. The summed E-state index contributed by atoms with van der Waals surface area (Å²) in [7, 11) is 0. The third kappa shape index (κ3) is 5.05. The molecule has 1 aromatic heterocycles. The summed E-state index contributed by atoms with van der Waals surface area (Å²) in [6.07, 6.45) is 0.115. The standard InChI is InChI=1S/C18H17Cl2F3N4O/c19-11-5-6-13(20)14(7-11)26-17-25-9-12(15(27-17)18(21,22)23)16(28)24-8-10-3-1-2-4-10/h5-7,9-10H,1-4,8H2,(H,24,28)(H,25,26,27). The molecule has 0 unspecified atom stereocenters. The van der Waals surface area contributed by atoms with E-state index in [9.17, 15) is 18.0 Å². The molecule has 1 aromatic carbocycles. The average Bonchev–Trinajstić information content (AvgIpc) is 3.15. The smallest absolute Gasteiger partial charge is 0.352 e. The van der Waals surface area contributed by atoms with Crippen LogP contribution >= 0.6 is 23.2 Å². The maximum Gasteiger partial charge on any atom is 0.434 e. The molecule has 0 aliphatic heterocycles. The highest BCUT2D eigenvalue weighted by Gasteiger charge is 2.38. The Labute approximate surface area is 169 Å². The van der Waals surface area contributed by atoms with Gasteiger partial charge in [-0.2, -0.15) is 13.2 Å². The Morgan fingerprint density at radius 2 is 1.93 bits per heavy atom. The highest BCUT2D eigenvalue weighted by molar-refractivity contribution is 6.35. The van der Waals surface area contributed by atoms with Crippen LogP contribution < -0.4 is 10.6 Å². The van der Waals surface area contributed by atoms with Crippen molar-refractivity contribution in [3.8, 4) is 0 Å². The first-order valence-electron chi connectivity index (χ1n) is 8.68. The third-order valence-corrected chi connectivity index (χ3v) is 5.07. The molecule has 1 aliphatic carbocycles. The lowest BCUT2D eigenvalue weighted by Crippen LogP contribution is -2.31. The summed E-state index contributed by atoms with van der Waals surface area (Å²) in [5.74, 6) is -0.888. The predicted molar refractivity (Wildman–Crippen MR) is 101 cm³/mol. The lowest BCUT2D eigenvalue weighted by Gasteiger charge is -2.15. The number of aromatic nitrogens is 2. The van der Waals surface area contributed by atoms with Crippen molar-refractivity contribution < 1.29 is 18.0 Å². The Kier molecular flexibility index (Phi) is 6.30. The summed E-state index contributed by atoms with van der Waals surface area (Å²) >= 11 is 11.9. The van der Waals surface area contributed by atoms with Crippen molar-refractivity contribution in [2.75, 3.05) is 11.9 Å². The van der Waals surface area contributed by atoms with Crippen LogP contribution in [0.2, 0.25) is 10.0 Å². The van der Waals surface area contributed by atoms with Crippen LogP contribution in [0.3, 0.4) is 0 Å². The third-order valence-electron chi connectivity index (χ3n) is 4.50. The molecule has 150 valence electrons. The maximum atomic E-state index is 13.5. The van der Waals surface area contributed by atoms with Gasteiger partial charge in [0.2, 0.25) is 5.95 Å². The minimum absolute atomic E-state index is 0.236. The molecule has 0 radical (unpaired) electrons. The fourth-order valence-corrected chi connectivity index (χ4v) is 3.42. The number of hydrogen-bond donors (Lipinski definition) is 2. The number of anilines is 2. The van der Waals surface area contributed by atoms with Gasteiger partial charge in [0.25, 0.3) is 5.91 Å². The van der Waals surface area contributed by atoms with Gasteiger partial charge >= 0.3 is 6.18 Å². The Morgan fingerprint density at radius 1 is 1.21 bits per heavy atom. The Bertz CT molecular complexity index is 870. The van der Waals surface area contributed by atoms with E-state index >= 15 is 0 Å². The fraction of sp³-hybridized carbons (Fsp3) is 0.389. The summed E-state index contributed by atoms with van der Waals surface area (Å²) < 4.78 is 40.4. The molecule has 0 atom stereocenters. The summed E-state index contributed by atoms with van der Waals surface area (Å²) in [5, 5.41) is 5.73. The van der Waals surface area contributed by atoms with Gasteiger partial charge in [0.1, 0.15) is 0 Å². The Morgan fingerprint density at radius 3 is 2.61 bits per heavy atom. The summed E-state index contributed by atoms with van der Waals surface area (Å²) in [4.78, 5) is 19.6. The van der Waals surface area contributed by atoms with Crippen LogP contribution in [0.4, 0.5) is 24.8 Å². The SMILES string of the molecule is O=C(NCC1CCCC1)c1cnc(Nc2cc(Cl)ccc2Cl)nc1C(F)(F)F. The molecule has 10 heteroatoms. The Balaban J connectivity index is 1.83. The molecular weight excluding hydrogens is 416 g/mol. The lowest BCUT2D eigenvalue weighted by molar-refractivity contribution is -0.141. The molecule has 0 saturated heterocycles. The number of rotatable bonds is 5. The van der Waals surface area contributed by atoms with Crippen molar-refractivity contribution in [2.45, 2.75) is 31.9 Å². The zero-order valence-electron chi connectivity index (χ0n) is 14.6. The fourth-order valence-electron chi connectivity index (χ4n) is 3.08. The second-order valence-electron chi connectivity index (χ2n) is 6.56. The number of alkyl halides is 3. The highest BCUT2D eigenvalue weighted by atomic mass is 35.5. The van der Waals surface area contributed by atoms with Gasteiger partial charge in [0.15, 0.2) is 5.69 Å². The van der Waals surface area contributed by atoms with Crippen LogP contribution in [0.25, 0.3) is 0 Å². The number of halogens is 5. The first-order valence-corrected chi connectivity index (χ1v) is 9.44. The molecule has 1 fully saturated rings. The molecule has 0 bridgehead atoms. The topological polar surface area (TPSA) is 66.9 Å². The van der Waals surface area contributed by atoms with Crippen LogP contribution in [-0.2, 0) is 6.18 Å². The number of amides is 1. The van der Waals surface area contributed by atoms with E-state index in [-0.39, 0.29) is 16.7 Å². The molecule has 2 N–H and O–H groups in total. The monoisotopic (exact) mass is 432 g/mol. The number of nitrogens with zero attached hydrogens (tertiary/aromatic N) is 2. The van der Waals surface area contributed by atoms with Crippen LogP contribution in [-0.4, -0.2) is 22.4 Å². The summed E-state index contributed by atoms with van der Waals surface area (Å²) in [6.45, 7) is 0.342. The number of benzene rings is 1. The largest absolute Gasteiger partial charge is 0.434 e. The molecule has 2 aromatic rings. The van der Waals surface area contributed by atoms with Gasteiger partial charge in [0, 0.05) is 17.8 Å². The lowest BCUT2D eigenvalue weighted by atomic mass is 10.1. The highest BCUT2D eigenvalue weighted by Crippen LogP contribution is 2.33.